The van der Waals surface area contributed by atoms with Gasteiger partial charge in [-0.2, -0.15) is 0 Å². The number of nitrogens with one attached hydrogen (secondary N) is 1. The quantitative estimate of drug-likeness (QED) is 0.792. The topological polar surface area (TPSA) is 55.1 Å². The molecule has 0 unspecified atom stereocenters. The van der Waals surface area contributed by atoms with Crippen molar-refractivity contribution in [3.8, 4) is 0 Å². The van der Waals surface area contributed by atoms with Crippen LogP contribution in [0.4, 0.5) is 0 Å². The highest BCUT2D eigenvalue weighted by molar-refractivity contribution is 5.74. The first-order valence-corrected chi connectivity index (χ1v) is 6.16. The maximum atomic E-state index is 10.8. The lowest BCUT2D eigenvalue weighted by Gasteiger charge is -2.19. The van der Waals surface area contributed by atoms with E-state index in [1.165, 1.54) is 11.1 Å². The summed E-state index contributed by atoms with van der Waals surface area (Å²) in [7, 11) is 0. The zero-order valence-electron chi connectivity index (χ0n) is 10.9. The number of hydrogen-bond donors (Lipinski definition) is 2. The van der Waals surface area contributed by atoms with Gasteiger partial charge in [0, 0.05) is 18.5 Å². The largest absolute Gasteiger partial charge is 0.370 e. The van der Waals surface area contributed by atoms with Gasteiger partial charge in [0.05, 0.1) is 0 Å². The molecule has 3 heteroatoms. The number of carbonyl (C=O) groups excluding carboxylic acids is 1. The monoisotopic (exact) mass is 234 g/mol. The third-order valence-electron chi connectivity index (χ3n) is 2.93. The molecule has 3 N–H and O–H groups in total. The average molecular weight is 234 g/mol. The third-order valence-corrected chi connectivity index (χ3v) is 2.93. The number of primary amides is 1. The average Bonchev–Trinajstić information content (AvgIpc) is 2.28. The van der Waals surface area contributed by atoms with Crippen molar-refractivity contribution >= 4 is 5.91 Å². The second-order valence-corrected chi connectivity index (χ2v) is 4.55. The summed E-state index contributed by atoms with van der Waals surface area (Å²) in [5.74, 6) is -0.265. The van der Waals surface area contributed by atoms with Gasteiger partial charge in [-0.15, -0.1) is 0 Å². The van der Waals surface area contributed by atoms with Gasteiger partial charge in [-0.05, 0) is 31.4 Å². The Morgan fingerprint density at radius 1 is 1.29 bits per heavy atom. The molecule has 17 heavy (non-hydrogen) atoms. The summed E-state index contributed by atoms with van der Waals surface area (Å²) in [5, 5.41) is 3.36. The Bertz CT molecular complexity index is 359. The zero-order valence-corrected chi connectivity index (χ0v) is 10.9. The second-order valence-electron chi connectivity index (χ2n) is 4.55. The zero-order chi connectivity index (χ0) is 12.8. The molecule has 1 aromatic carbocycles. The summed E-state index contributed by atoms with van der Waals surface area (Å²) in [6.45, 7) is 6.21. The molecule has 0 aromatic heterocycles. The Balaban J connectivity index is 2.56. The first-order valence-electron chi connectivity index (χ1n) is 6.16. The van der Waals surface area contributed by atoms with Crippen LogP contribution in [0.1, 0.15) is 44.4 Å². The summed E-state index contributed by atoms with van der Waals surface area (Å²) in [4.78, 5) is 10.8. The van der Waals surface area contributed by atoms with E-state index in [4.69, 9.17) is 5.73 Å². The fourth-order valence-corrected chi connectivity index (χ4v) is 1.93. The maximum Gasteiger partial charge on any atom is 0.218 e. The van der Waals surface area contributed by atoms with Crippen LogP contribution in [0.5, 0.6) is 0 Å². The molecular formula is C14H22N2O. The van der Waals surface area contributed by atoms with Crippen molar-refractivity contribution in [2.24, 2.45) is 5.73 Å². The Hall–Kier alpha value is -1.35. The SMILES string of the molecule is CCc1ccc([C@@H](C)N[C@H](C)CC(N)=O)cc1. The minimum Gasteiger partial charge on any atom is -0.370 e. The van der Waals surface area contributed by atoms with Crippen LogP contribution in [0.3, 0.4) is 0 Å². The number of carbonyl (C=O) groups is 1. The Kier molecular flexibility index (Phi) is 5.16. The molecular weight excluding hydrogens is 212 g/mol. The number of hydrogen-bond acceptors (Lipinski definition) is 2. The Morgan fingerprint density at radius 3 is 2.35 bits per heavy atom. The van der Waals surface area contributed by atoms with Gasteiger partial charge < -0.3 is 11.1 Å². The van der Waals surface area contributed by atoms with Gasteiger partial charge >= 0.3 is 0 Å². The van der Waals surface area contributed by atoms with Crippen LogP contribution in [0, 0.1) is 0 Å². The normalized spacial score (nSPS) is 14.3. The summed E-state index contributed by atoms with van der Waals surface area (Å²) >= 11 is 0. The molecule has 0 aliphatic heterocycles. The Morgan fingerprint density at radius 2 is 1.88 bits per heavy atom. The van der Waals surface area contributed by atoms with Crippen molar-refractivity contribution in [3.05, 3.63) is 35.4 Å². The van der Waals surface area contributed by atoms with E-state index >= 15 is 0 Å². The summed E-state index contributed by atoms with van der Waals surface area (Å²) in [6, 6.07) is 8.89. The van der Waals surface area contributed by atoms with Gasteiger partial charge in [0.1, 0.15) is 0 Å². The molecule has 0 spiro atoms. The van der Waals surface area contributed by atoms with E-state index in [0.29, 0.717) is 6.42 Å². The first kappa shape index (κ1) is 13.7. The van der Waals surface area contributed by atoms with E-state index in [1.54, 1.807) is 0 Å². The van der Waals surface area contributed by atoms with E-state index in [1.807, 2.05) is 6.92 Å². The summed E-state index contributed by atoms with van der Waals surface area (Å²) < 4.78 is 0. The van der Waals surface area contributed by atoms with Crippen molar-refractivity contribution in [2.45, 2.75) is 45.7 Å². The second kappa shape index (κ2) is 6.40. The van der Waals surface area contributed by atoms with Crippen molar-refractivity contribution in [2.75, 3.05) is 0 Å². The predicted molar refractivity (Wildman–Crippen MR) is 70.6 cm³/mol. The number of benzene rings is 1. The van der Waals surface area contributed by atoms with Gasteiger partial charge in [0.15, 0.2) is 0 Å². The minimum absolute atomic E-state index is 0.105. The van der Waals surface area contributed by atoms with Crippen molar-refractivity contribution in [1.29, 1.82) is 0 Å². The lowest BCUT2D eigenvalue weighted by Crippen LogP contribution is -2.32. The van der Waals surface area contributed by atoms with Gasteiger partial charge in [0.25, 0.3) is 0 Å². The highest BCUT2D eigenvalue weighted by Crippen LogP contribution is 2.14. The molecule has 1 rings (SSSR count). The van der Waals surface area contributed by atoms with Crippen LogP contribution < -0.4 is 11.1 Å². The maximum absolute atomic E-state index is 10.8. The van der Waals surface area contributed by atoms with Gasteiger partial charge in [-0.25, -0.2) is 0 Å². The molecule has 2 atom stereocenters. The van der Waals surface area contributed by atoms with Crippen molar-refractivity contribution in [3.63, 3.8) is 0 Å². The van der Waals surface area contributed by atoms with Crippen LogP contribution in [-0.4, -0.2) is 11.9 Å². The minimum atomic E-state index is -0.265. The molecule has 0 aliphatic carbocycles. The third kappa shape index (κ3) is 4.57. The highest BCUT2D eigenvalue weighted by Gasteiger charge is 2.11. The van der Waals surface area contributed by atoms with Crippen LogP contribution in [0.25, 0.3) is 0 Å². The number of amides is 1. The number of rotatable bonds is 6. The standard InChI is InChI=1S/C14H22N2O/c1-4-12-5-7-13(8-6-12)11(3)16-10(2)9-14(15)17/h5-8,10-11,16H,4,9H2,1-3H3,(H2,15,17)/t10-,11-/m1/s1. The van der Waals surface area contributed by atoms with Crippen LogP contribution in [0.2, 0.25) is 0 Å². The smallest absolute Gasteiger partial charge is 0.218 e. The van der Waals surface area contributed by atoms with E-state index in [0.717, 1.165) is 6.42 Å². The number of nitrogens with two attached hydrogens (primary N) is 1. The molecule has 1 aromatic rings. The van der Waals surface area contributed by atoms with E-state index in [9.17, 15) is 4.79 Å². The first-order chi connectivity index (χ1) is 8.02. The van der Waals surface area contributed by atoms with Crippen LogP contribution >= 0.6 is 0 Å². The lowest BCUT2D eigenvalue weighted by molar-refractivity contribution is -0.118. The number of aryl methyl sites for hydroxylation is 1. The predicted octanol–water partition coefficient (Wildman–Crippen LogP) is 2.16. The molecule has 0 fully saturated rings. The Labute approximate surface area is 103 Å². The summed E-state index contributed by atoms with van der Waals surface area (Å²) in [5.41, 5.74) is 7.74. The molecule has 0 saturated carbocycles. The van der Waals surface area contributed by atoms with Gasteiger partial charge in [0.2, 0.25) is 5.91 Å². The molecule has 0 bridgehead atoms. The highest BCUT2D eigenvalue weighted by atomic mass is 16.1. The van der Waals surface area contributed by atoms with Gasteiger partial charge in [-0.3, -0.25) is 4.79 Å². The van der Waals surface area contributed by atoms with Gasteiger partial charge in [-0.1, -0.05) is 31.2 Å². The fraction of sp³-hybridized carbons (Fsp3) is 0.500. The molecule has 0 radical (unpaired) electrons. The molecule has 3 nitrogen and oxygen atoms in total. The lowest BCUT2D eigenvalue weighted by atomic mass is 10.0. The van der Waals surface area contributed by atoms with E-state index < -0.39 is 0 Å². The van der Waals surface area contributed by atoms with Crippen LogP contribution in [0.15, 0.2) is 24.3 Å². The molecule has 0 saturated heterocycles. The van der Waals surface area contributed by atoms with E-state index in [-0.39, 0.29) is 18.0 Å². The van der Waals surface area contributed by atoms with Crippen molar-refractivity contribution < 1.29 is 4.79 Å². The van der Waals surface area contributed by atoms with E-state index in [2.05, 4.69) is 43.4 Å². The summed E-state index contributed by atoms with van der Waals surface area (Å²) in [6.07, 6.45) is 1.43. The fourth-order valence-electron chi connectivity index (χ4n) is 1.93. The van der Waals surface area contributed by atoms with Crippen molar-refractivity contribution in [1.82, 2.24) is 5.32 Å². The van der Waals surface area contributed by atoms with Crippen LogP contribution in [-0.2, 0) is 11.2 Å². The molecule has 1 amide bonds. The molecule has 0 aliphatic rings. The molecule has 0 heterocycles. The molecule has 94 valence electrons.